The minimum atomic E-state index is 0.248. The van der Waals surface area contributed by atoms with E-state index in [0.717, 1.165) is 31.9 Å². The minimum Gasteiger partial charge on any atom is -0.376 e. The van der Waals surface area contributed by atoms with Gasteiger partial charge in [-0.25, -0.2) is 4.68 Å². The lowest BCUT2D eigenvalue weighted by atomic mass is 10.1. The van der Waals surface area contributed by atoms with Gasteiger partial charge in [-0.15, -0.1) is 5.10 Å². The second-order valence-corrected chi connectivity index (χ2v) is 4.23. The number of aryl methyl sites for hydroxylation is 1. The van der Waals surface area contributed by atoms with Gasteiger partial charge in [0.25, 0.3) is 0 Å². The first kappa shape index (κ1) is 11.5. The first-order valence-electron chi connectivity index (χ1n) is 5.80. The van der Waals surface area contributed by atoms with Crippen LogP contribution in [-0.4, -0.2) is 50.9 Å². The Hall–Kier alpha value is -1.01. The number of morpholine rings is 1. The van der Waals surface area contributed by atoms with Gasteiger partial charge in [0.05, 0.1) is 18.8 Å². The summed E-state index contributed by atoms with van der Waals surface area (Å²) in [7, 11) is 1.88. The molecular formula is C10H19N5O. The molecular weight excluding hydrogens is 206 g/mol. The highest BCUT2D eigenvalue weighted by Crippen LogP contribution is 2.20. The van der Waals surface area contributed by atoms with Crippen molar-refractivity contribution in [2.24, 2.45) is 7.05 Å². The molecule has 6 nitrogen and oxygen atoms in total. The van der Waals surface area contributed by atoms with Crippen molar-refractivity contribution in [1.29, 1.82) is 0 Å². The van der Waals surface area contributed by atoms with Crippen molar-refractivity contribution in [2.45, 2.75) is 32.4 Å². The van der Waals surface area contributed by atoms with E-state index < -0.39 is 0 Å². The van der Waals surface area contributed by atoms with Crippen molar-refractivity contribution in [3.05, 3.63) is 5.82 Å². The highest BCUT2D eigenvalue weighted by molar-refractivity contribution is 4.91. The molecule has 0 spiro atoms. The molecule has 2 rings (SSSR count). The van der Waals surface area contributed by atoms with E-state index in [4.69, 9.17) is 4.74 Å². The van der Waals surface area contributed by atoms with Crippen LogP contribution in [-0.2, 0) is 11.8 Å². The molecule has 2 atom stereocenters. The highest BCUT2D eigenvalue weighted by Gasteiger charge is 2.26. The molecule has 0 bridgehead atoms. The normalized spacial score (nSPS) is 24.6. The molecule has 0 N–H and O–H groups in total. The van der Waals surface area contributed by atoms with E-state index in [-0.39, 0.29) is 6.04 Å². The molecule has 0 saturated carbocycles. The van der Waals surface area contributed by atoms with Crippen molar-refractivity contribution < 1.29 is 4.74 Å². The molecule has 1 aromatic rings. The summed E-state index contributed by atoms with van der Waals surface area (Å²) in [5.41, 5.74) is 0. The van der Waals surface area contributed by atoms with Crippen LogP contribution < -0.4 is 0 Å². The maximum atomic E-state index is 5.65. The molecule has 0 aliphatic carbocycles. The first-order chi connectivity index (χ1) is 7.72. The lowest BCUT2D eigenvalue weighted by Gasteiger charge is -2.35. The fourth-order valence-electron chi connectivity index (χ4n) is 2.09. The van der Waals surface area contributed by atoms with Crippen LogP contribution in [0.1, 0.15) is 32.1 Å². The lowest BCUT2D eigenvalue weighted by Crippen LogP contribution is -2.43. The quantitative estimate of drug-likeness (QED) is 0.744. The third kappa shape index (κ3) is 2.22. The number of tetrazole rings is 1. The highest BCUT2D eigenvalue weighted by atomic mass is 16.5. The van der Waals surface area contributed by atoms with Gasteiger partial charge in [0.2, 0.25) is 0 Å². The molecule has 1 aliphatic rings. The summed E-state index contributed by atoms with van der Waals surface area (Å²) in [5, 5.41) is 11.6. The van der Waals surface area contributed by atoms with Gasteiger partial charge in [-0.2, -0.15) is 0 Å². The predicted molar refractivity (Wildman–Crippen MR) is 58.8 cm³/mol. The number of aromatic nitrogens is 4. The van der Waals surface area contributed by atoms with Crippen LogP contribution in [0.15, 0.2) is 0 Å². The number of nitrogens with zero attached hydrogens (tertiary/aromatic N) is 5. The van der Waals surface area contributed by atoms with Crippen LogP contribution in [0.25, 0.3) is 0 Å². The zero-order chi connectivity index (χ0) is 11.5. The van der Waals surface area contributed by atoms with Crippen molar-refractivity contribution in [2.75, 3.05) is 19.7 Å². The molecule has 1 aromatic heterocycles. The van der Waals surface area contributed by atoms with Gasteiger partial charge in [0.1, 0.15) is 0 Å². The summed E-state index contributed by atoms with van der Waals surface area (Å²) in [4.78, 5) is 2.38. The first-order valence-corrected chi connectivity index (χ1v) is 5.80. The average molecular weight is 225 g/mol. The van der Waals surface area contributed by atoms with E-state index in [1.807, 2.05) is 7.05 Å². The number of ether oxygens (including phenoxy) is 1. The summed E-state index contributed by atoms with van der Waals surface area (Å²) in [6.45, 7) is 7.01. The van der Waals surface area contributed by atoms with Crippen molar-refractivity contribution in [3.8, 4) is 0 Å². The van der Waals surface area contributed by atoms with Crippen LogP contribution >= 0.6 is 0 Å². The van der Waals surface area contributed by atoms with E-state index in [1.54, 1.807) is 4.68 Å². The predicted octanol–water partition coefficient (Wildman–Crippen LogP) is 0.382. The second-order valence-electron chi connectivity index (χ2n) is 4.23. The van der Waals surface area contributed by atoms with Crippen molar-refractivity contribution >= 4 is 0 Å². The largest absolute Gasteiger partial charge is 0.376 e. The van der Waals surface area contributed by atoms with Gasteiger partial charge < -0.3 is 4.74 Å². The standard InChI is InChI=1S/C10H19N5O/c1-4-9-7-15(5-6-16-9)8(2)10-11-12-13-14(10)3/h8-9H,4-7H2,1-3H3/t8-,9-/m1/s1. The third-order valence-electron chi connectivity index (χ3n) is 3.20. The SMILES string of the molecule is CC[C@@H]1CN([C@H](C)c2nnnn2C)CCO1. The fraction of sp³-hybridized carbons (Fsp3) is 0.900. The van der Waals surface area contributed by atoms with Crippen LogP contribution in [0.2, 0.25) is 0 Å². The van der Waals surface area contributed by atoms with Crippen molar-refractivity contribution in [3.63, 3.8) is 0 Å². The van der Waals surface area contributed by atoms with E-state index in [0.29, 0.717) is 6.10 Å². The molecule has 0 unspecified atom stereocenters. The average Bonchev–Trinajstić information content (AvgIpc) is 2.74. The lowest BCUT2D eigenvalue weighted by molar-refractivity contribution is -0.0440. The summed E-state index contributed by atoms with van der Waals surface area (Å²) in [6, 6.07) is 0.248. The Bertz CT molecular complexity index is 340. The van der Waals surface area contributed by atoms with Gasteiger partial charge in [-0.3, -0.25) is 4.90 Å². The molecule has 0 amide bonds. The van der Waals surface area contributed by atoms with Crippen LogP contribution in [0.4, 0.5) is 0 Å². The summed E-state index contributed by atoms with van der Waals surface area (Å²) in [5.74, 6) is 0.914. The summed E-state index contributed by atoms with van der Waals surface area (Å²) >= 11 is 0. The van der Waals surface area contributed by atoms with Gasteiger partial charge in [-0.05, 0) is 23.8 Å². The van der Waals surface area contributed by atoms with Gasteiger partial charge in [0, 0.05) is 20.1 Å². The summed E-state index contributed by atoms with van der Waals surface area (Å²) < 4.78 is 7.39. The zero-order valence-electron chi connectivity index (χ0n) is 10.1. The number of rotatable bonds is 3. The Balaban J connectivity index is 2.04. The molecule has 1 fully saturated rings. The van der Waals surface area contributed by atoms with Crippen LogP contribution in [0.5, 0.6) is 0 Å². The fourth-order valence-corrected chi connectivity index (χ4v) is 2.09. The van der Waals surface area contributed by atoms with E-state index >= 15 is 0 Å². The molecule has 1 aliphatic heterocycles. The van der Waals surface area contributed by atoms with E-state index in [2.05, 4.69) is 34.3 Å². The van der Waals surface area contributed by atoms with Crippen LogP contribution in [0, 0.1) is 0 Å². The van der Waals surface area contributed by atoms with Crippen molar-refractivity contribution in [1.82, 2.24) is 25.1 Å². The topological polar surface area (TPSA) is 56.1 Å². The zero-order valence-corrected chi connectivity index (χ0v) is 10.1. The van der Waals surface area contributed by atoms with E-state index in [1.165, 1.54) is 0 Å². The Kier molecular flexibility index (Phi) is 3.50. The molecule has 6 heteroatoms. The maximum absolute atomic E-state index is 5.65. The smallest absolute Gasteiger partial charge is 0.167 e. The monoisotopic (exact) mass is 225 g/mol. The van der Waals surface area contributed by atoms with E-state index in [9.17, 15) is 0 Å². The number of hydrogen-bond donors (Lipinski definition) is 0. The third-order valence-corrected chi connectivity index (χ3v) is 3.20. The Morgan fingerprint density at radius 1 is 1.56 bits per heavy atom. The van der Waals surface area contributed by atoms with Gasteiger partial charge in [0.15, 0.2) is 5.82 Å². The Morgan fingerprint density at radius 3 is 3.00 bits per heavy atom. The molecule has 0 aromatic carbocycles. The molecule has 90 valence electrons. The Morgan fingerprint density at radius 2 is 2.38 bits per heavy atom. The van der Waals surface area contributed by atoms with Crippen LogP contribution in [0.3, 0.4) is 0 Å². The van der Waals surface area contributed by atoms with Gasteiger partial charge in [-0.1, -0.05) is 6.92 Å². The maximum Gasteiger partial charge on any atom is 0.167 e. The number of hydrogen-bond acceptors (Lipinski definition) is 5. The molecule has 2 heterocycles. The molecule has 1 saturated heterocycles. The second kappa shape index (κ2) is 4.88. The minimum absolute atomic E-state index is 0.248. The summed E-state index contributed by atoms with van der Waals surface area (Å²) in [6.07, 6.45) is 1.40. The Labute approximate surface area is 95.6 Å². The molecule has 0 radical (unpaired) electrons. The molecule has 16 heavy (non-hydrogen) atoms. The van der Waals surface area contributed by atoms with Gasteiger partial charge >= 0.3 is 0 Å².